The summed E-state index contributed by atoms with van der Waals surface area (Å²) in [5.41, 5.74) is 2.18. The lowest BCUT2D eigenvalue weighted by Gasteiger charge is -2.33. The smallest absolute Gasteiger partial charge is 0.321 e. The molecule has 1 aromatic heterocycles. The molecule has 0 bridgehead atoms. The van der Waals surface area contributed by atoms with Gasteiger partial charge in [-0.05, 0) is 24.1 Å². The van der Waals surface area contributed by atoms with E-state index in [-0.39, 0.29) is 12.1 Å². The molecule has 2 heterocycles. The van der Waals surface area contributed by atoms with Crippen LogP contribution < -0.4 is 4.74 Å². The first kappa shape index (κ1) is 17.9. The molecular formula is C19H22ClN3O2. The zero-order valence-electron chi connectivity index (χ0n) is 14.3. The van der Waals surface area contributed by atoms with E-state index in [9.17, 15) is 0 Å². The van der Waals surface area contributed by atoms with Crippen molar-refractivity contribution < 1.29 is 9.47 Å². The lowest BCUT2D eigenvalue weighted by molar-refractivity contribution is -0.0133. The topological polar surface area (TPSA) is 47.5 Å². The molecule has 0 aliphatic carbocycles. The third-order valence-corrected chi connectivity index (χ3v) is 4.50. The molecule has 1 atom stereocenters. The van der Waals surface area contributed by atoms with Gasteiger partial charge in [0.2, 0.25) is 0 Å². The number of morpholine rings is 1. The largest absolute Gasteiger partial charge is 0.423 e. The van der Waals surface area contributed by atoms with Gasteiger partial charge in [-0.15, -0.1) is 0 Å². The third kappa shape index (κ3) is 4.78. The second-order valence-corrected chi connectivity index (χ2v) is 6.42. The van der Waals surface area contributed by atoms with Crippen molar-refractivity contribution >= 4 is 11.6 Å². The van der Waals surface area contributed by atoms with Gasteiger partial charge in [0.15, 0.2) is 0 Å². The van der Waals surface area contributed by atoms with Gasteiger partial charge in [-0.3, -0.25) is 4.90 Å². The summed E-state index contributed by atoms with van der Waals surface area (Å²) in [7, 11) is 0. The Morgan fingerprint density at radius 1 is 1.36 bits per heavy atom. The maximum absolute atomic E-state index is 6.08. The van der Waals surface area contributed by atoms with Crippen molar-refractivity contribution in [2.75, 3.05) is 19.7 Å². The first-order valence-electron chi connectivity index (χ1n) is 8.40. The third-order valence-electron chi connectivity index (χ3n) is 4.19. The molecule has 6 heteroatoms. The monoisotopic (exact) mass is 359 g/mol. The summed E-state index contributed by atoms with van der Waals surface area (Å²) in [5, 5.41) is 0.533. The summed E-state index contributed by atoms with van der Waals surface area (Å²) < 4.78 is 11.4. The summed E-state index contributed by atoms with van der Waals surface area (Å²) in [6, 6.07) is 7.55. The highest BCUT2D eigenvalue weighted by Gasteiger charge is 2.22. The van der Waals surface area contributed by atoms with Crippen LogP contribution in [0.15, 0.2) is 48.8 Å². The molecule has 5 nitrogen and oxygen atoms in total. The number of benzene rings is 1. The molecule has 0 amide bonds. The highest BCUT2D eigenvalue weighted by Crippen LogP contribution is 2.26. The molecule has 0 radical (unpaired) electrons. The molecule has 0 spiro atoms. The van der Waals surface area contributed by atoms with Gasteiger partial charge < -0.3 is 9.47 Å². The van der Waals surface area contributed by atoms with E-state index in [0.717, 1.165) is 43.8 Å². The Bertz CT molecular complexity index is 721. The van der Waals surface area contributed by atoms with Crippen LogP contribution in [0.25, 0.3) is 0 Å². The van der Waals surface area contributed by atoms with Crippen molar-refractivity contribution in [3.05, 3.63) is 59.4 Å². The molecule has 1 aromatic carbocycles. The first-order valence-corrected chi connectivity index (χ1v) is 8.78. The quantitative estimate of drug-likeness (QED) is 0.727. The highest BCUT2D eigenvalue weighted by molar-refractivity contribution is 6.32. The van der Waals surface area contributed by atoms with Crippen molar-refractivity contribution in [2.45, 2.75) is 26.0 Å². The molecule has 1 aliphatic rings. The fraction of sp³-hybridized carbons (Fsp3) is 0.368. The Morgan fingerprint density at radius 2 is 2.12 bits per heavy atom. The molecule has 0 unspecified atom stereocenters. The van der Waals surface area contributed by atoms with Gasteiger partial charge in [-0.1, -0.05) is 37.2 Å². The van der Waals surface area contributed by atoms with Crippen LogP contribution in [0.3, 0.4) is 0 Å². The second kappa shape index (κ2) is 8.43. The van der Waals surface area contributed by atoms with Gasteiger partial charge >= 0.3 is 6.01 Å². The molecule has 1 saturated heterocycles. The average Bonchev–Trinajstić information content (AvgIpc) is 2.65. The van der Waals surface area contributed by atoms with E-state index in [4.69, 9.17) is 21.1 Å². The van der Waals surface area contributed by atoms with Crippen molar-refractivity contribution in [1.82, 2.24) is 14.9 Å². The van der Waals surface area contributed by atoms with Crippen LogP contribution in [0.2, 0.25) is 5.02 Å². The van der Waals surface area contributed by atoms with Gasteiger partial charge in [0.25, 0.3) is 0 Å². The first-order chi connectivity index (χ1) is 12.2. The Balaban J connectivity index is 1.59. The number of hydrogen-bond acceptors (Lipinski definition) is 5. The van der Waals surface area contributed by atoms with Gasteiger partial charge in [-0.2, -0.15) is 0 Å². The van der Waals surface area contributed by atoms with E-state index < -0.39 is 0 Å². The van der Waals surface area contributed by atoms with Gasteiger partial charge in [0.05, 0.1) is 17.7 Å². The Kier molecular flexibility index (Phi) is 6.02. The SMILES string of the molecule is C=C(CC)[C@@H]1CN(Cc2cnc(Oc3ccccc3Cl)nc2)CCO1. The molecule has 0 saturated carbocycles. The number of aromatic nitrogens is 2. The van der Waals surface area contributed by atoms with E-state index in [1.807, 2.05) is 12.1 Å². The zero-order chi connectivity index (χ0) is 17.6. The minimum Gasteiger partial charge on any atom is -0.423 e. The lowest BCUT2D eigenvalue weighted by Crippen LogP contribution is -2.42. The fourth-order valence-electron chi connectivity index (χ4n) is 2.68. The molecule has 0 N–H and O–H groups in total. The van der Waals surface area contributed by atoms with Crippen LogP contribution in [-0.2, 0) is 11.3 Å². The van der Waals surface area contributed by atoms with Crippen LogP contribution >= 0.6 is 11.6 Å². The number of nitrogens with zero attached hydrogens (tertiary/aromatic N) is 3. The minimum absolute atomic E-state index is 0.113. The minimum atomic E-state index is 0.113. The Morgan fingerprint density at radius 3 is 2.84 bits per heavy atom. The van der Waals surface area contributed by atoms with Gasteiger partial charge in [-0.25, -0.2) is 9.97 Å². The van der Waals surface area contributed by atoms with E-state index in [2.05, 4.69) is 28.4 Å². The van der Waals surface area contributed by atoms with E-state index in [1.54, 1.807) is 24.5 Å². The highest BCUT2D eigenvalue weighted by atomic mass is 35.5. The molecule has 1 aliphatic heterocycles. The van der Waals surface area contributed by atoms with Crippen molar-refractivity contribution in [2.24, 2.45) is 0 Å². The summed E-state index contributed by atoms with van der Waals surface area (Å²) in [5.74, 6) is 0.547. The maximum atomic E-state index is 6.08. The van der Waals surface area contributed by atoms with Crippen molar-refractivity contribution in [1.29, 1.82) is 0 Å². The van der Waals surface area contributed by atoms with E-state index >= 15 is 0 Å². The summed E-state index contributed by atoms with van der Waals surface area (Å²) in [6.07, 6.45) is 4.63. The standard InChI is InChI=1S/C19H22ClN3O2/c1-3-14(2)18-13-23(8-9-24-18)12-15-10-21-19(22-11-15)25-17-7-5-4-6-16(17)20/h4-7,10-11,18H,2-3,8-9,12-13H2,1H3/t18-/m0/s1. The van der Waals surface area contributed by atoms with Crippen LogP contribution in [0, 0.1) is 0 Å². The van der Waals surface area contributed by atoms with Gasteiger partial charge in [0, 0.05) is 37.6 Å². The normalized spacial score (nSPS) is 18.1. The predicted molar refractivity (Wildman–Crippen MR) is 98.0 cm³/mol. The summed E-state index contributed by atoms with van der Waals surface area (Å²) in [6.45, 7) is 9.45. The maximum Gasteiger partial charge on any atom is 0.321 e. The van der Waals surface area contributed by atoms with E-state index in [0.29, 0.717) is 10.8 Å². The molecule has 3 rings (SSSR count). The van der Waals surface area contributed by atoms with Crippen molar-refractivity contribution in [3.63, 3.8) is 0 Å². The second-order valence-electron chi connectivity index (χ2n) is 6.01. The molecule has 2 aromatic rings. The summed E-state index contributed by atoms with van der Waals surface area (Å²) in [4.78, 5) is 10.9. The predicted octanol–water partition coefficient (Wildman–Crippen LogP) is 4.09. The number of para-hydroxylation sites is 1. The van der Waals surface area contributed by atoms with E-state index in [1.165, 1.54) is 0 Å². The van der Waals surface area contributed by atoms with Crippen LogP contribution in [0.1, 0.15) is 18.9 Å². The Labute approximate surface area is 153 Å². The summed E-state index contributed by atoms with van der Waals surface area (Å²) >= 11 is 6.08. The lowest BCUT2D eigenvalue weighted by atomic mass is 10.1. The molecule has 132 valence electrons. The van der Waals surface area contributed by atoms with Crippen molar-refractivity contribution in [3.8, 4) is 11.8 Å². The molecule has 1 fully saturated rings. The number of hydrogen-bond donors (Lipinski definition) is 0. The van der Waals surface area contributed by atoms with Crippen LogP contribution in [0.4, 0.5) is 0 Å². The Hall–Kier alpha value is -1.95. The zero-order valence-corrected chi connectivity index (χ0v) is 15.1. The van der Waals surface area contributed by atoms with Crippen LogP contribution in [0.5, 0.6) is 11.8 Å². The average molecular weight is 360 g/mol. The fourth-order valence-corrected chi connectivity index (χ4v) is 2.86. The number of halogens is 1. The molecule has 25 heavy (non-hydrogen) atoms. The van der Waals surface area contributed by atoms with Gasteiger partial charge in [0.1, 0.15) is 5.75 Å². The number of rotatable bonds is 6. The number of ether oxygens (including phenoxy) is 2. The van der Waals surface area contributed by atoms with Crippen LogP contribution in [-0.4, -0.2) is 40.7 Å². The molecular weight excluding hydrogens is 338 g/mol.